The number of aliphatic hydroxyl groups excluding tert-OH is 1. The predicted octanol–water partition coefficient (Wildman–Crippen LogP) is 3.65. The number of H-pyrrole nitrogens is 2. The second kappa shape index (κ2) is 8.72. The first-order valence-corrected chi connectivity index (χ1v) is 13.0. The molecular formula is C25H30N6O2S. The fourth-order valence-electron chi connectivity index (χ4n) is 5.32. The van der Waals surface area contributed by atoms with Gasteiger partial charge in [-0.05, 0) is 49.4 Å². The summed E-state index contributed by atoms with van der Waals surface area (Å²) in [5.74, 6) is 0.546. The Morgan fingerprint density at radius 2 is 2.06 bits per heavy atom. The van der Waals surface area contributed by atoms with Gasteiger partial charge in [-0.15, -0.1) is 11.3 Å². The van der Waals surface area contributed by atoms with E-state index in [1.54, 1.807) is 11.3 Å². The first-order chi connectivity index (χ1) is 16.6. The summed E-state index contributed by atoms with van der Waals surface area (Å²) in [7, 11) is 0. The molecule has 9 heteroatoms. The fourth-order valence-corrected chi connectivity index (χ4v) is 6.19. The van der Waals surface area contributed by atoms with Gasteiger partial charge in [-0.25, -0.2) is 4.98 Å². The van der Waals surface area contributed by atoms with E-state index in [2.05, 4.69) is 44.6 Å². The summed E-state index contributed by atoms with van der Waals surface area (Å²) in [6, 6.07) is 8.54. The standard InChI is InChI=1S/C25H30N6O2S/c1-14-13-31(10-9-26-14)15-6-7-16-19(12-15)29-24(28-16)21-22(27-17-4-2-3-5-20(17)32)23-18(8-11-34-23)30-25(21)33/h6-8,11-12,14,17,20,26,32H,2-5,9-10,13H2,1H3,(H,28,29)(H2,27,30,33)/t14?,17-,20+/m1/s1. The number of pyridine rings is 1. The zero-order chi connectivity index (χ0) is 23.2. The Balaban J connectivity index is 1.43. The highest BCUT2D eigenvalue weighted by Crippen LogP contribution is 2.36. The van der Waals surface area contributed by atoms with Gasteiger partial charge in [0.05, 0.1) is 39.1 Å². The Bertz CT molecular complexity index is 1390. The molecule has 1 aliphatic carbocycles. The average Bonchev–Trinajstić information content (AvgIpc) is 3.46. The smallest absolute Gasteiger partial charge is 0.261 e. The highest BCUT2D eigenvalue weighted by molar-refractivity contribution is 7.17. The molecule has 4 heterocycles. The molecular weight excluding hydrogens is 448 g/mol. The average molecular weight is 479 g/mol. The molecule has 6 rings (SSSR count). The summed E-state index contributed by atoms with van der Waals surface area (Å²) >= 11 is 1.58. The lowest BCUT2D eigenvalue weighted by Crippen LogP contribution is -2.49. The minimum Gasteiger partial charge on any atom is -0.391 e. The molecule has 3 atom stereocenters. The molecule has 0 radical (unpaired) electrons. The van der Waals surface area contributed by atoms with Crippen molar-refractivity contribution in [2.24, 2.45) is 0 Å². The Kier molecular flexibility index (Phi) is 5.55. The second-order valence-electron chi connectivity index (χ2n) is 9.56. The summed E-state index contributed by atoms with van der Waals surface area (Å²) in [6.07, 6.45) is 3.34. The van der Waals surface area contributed by atoms with Crippen molar-refractivity contribution < 1.29 is 5.11 Å². The molecule has 0 spiro atoms. The van der Waals surface area contributed by atoms with E-state index < -0.39 is 6.10 Å². The quantitative estimate of drug-likeness (QED) is 0.306. The summed E-state index contributed by atoms with van der Waals surface area (Å²) in [6.45, 7) is 5.08. The number of hydrogen-bond acceptors (Lipinski definition) is 7. The monoisotopic (exact) mass is 478 g/mol. The van der Waals surface area contributed by atoms with Gasteiger partial charge in [0.2, 0.25) is 0 Å². The van der Waals surface area contributed by atoms with Gasteiger partial charge in [0.1, 0.15) is 11.4 Å². The highest BCUT2D eigenvalue weighted by Gasteiger charge is 2.27. The lowest BCUT2D eigenvalue weighted by Gasteiger charge is -2.33. The molecule has 2 fully saturated rings. The summed E-state index contributed by atoms with van der Waals surface area (Å²) in [5.41, 5.74) is 4.77. The molecule has 1 aliphatic heterocycles. The van der Waals surface area contributed by atoms with Crippen molar-refractivity contribution in [1.29, 1.82) is 0 Å². The van der Waals surface area contributed by atoms with Crippen molar-refractivity contribution in [2.45, 2.75) is 50.8 Å². The molecule has 8 nitrogen and oxygen atoms in total. The normalized spacial score (nSPS) is 23.6. The maximum absolute atomic E-state index is 13.3. The Morgan fingerprint density at radius 1 is 1.18 bits per heavy atom. The van der Waals surface area contributed by atoms with Crippen molar-refractivity contribution >= 4 is 44.0 Å². The molecule has 178 valence electrons. The van der Waals surface area contributed by atoms with Crippen LogP contribution in [-0.2, 0) is 0 Å². The van der Waals surface area contributed by atoms with Crippen LogP contribution >= 0.6 is 11.3 Å². The third-order valence-electron chi connectivity index (χ3n) is 7.11. The number of fused-ring (bicyclic) bond motifs is 2. The zero-order valence-corrected chi connectivity index (χ0v) is 20.0. The van der Waals surface area contributed by atoms with Gasteiger partial charge in [0.15, 0.2) is 0 Å². The Morgan fingerprint density at radius 3 is 2.91 bits per heavy atom. The predicted molar refractivity (Wildman–Crippen MR) is 139 cm³/mol. The van der Waals surface area contributed by atoms with Gasteiger partial charge in [0.25, 0.3) is 5.56 Å². The molecule has 4 aromatic rings. The Hall–Kier alpha value is -2.88. The molecule has 1 saturated heterocycles. The number of aromatic amines is 2. The number of aromatic nitrogens is 3. The number of nitrogens with one attached hydrogen (secondary N) is 4. The van der Waals surface area contributed by atoms with Crippen LogP contribution in [0.4, 0.5) is 11.4 Å². The lowest BCUT2D eigenvalue weighted by molar-refractivity contribution is 0.116. The van der Waals surface area contributed by atoms with E-state index in [1.165, 1.54) is 0 Å². The maximum Gasteiger partial charge on any atom is 0.261 e. The summed E-state index contributed by atoms with van der Waals surface area (Å²) in [4.78, 5) is 26.9. The van der Waals surface area contributed by atoms with Gasteiger partial charge in [-0.1, -0.05) is 12.8 Å². The van der Waals surface area contributed by atoms with Crippen LogP contribution in [0, 0.1) is 0 Å². The third-order valence-corrected chi connectivity index (χ3v) is 8.04. The third kappa shape index (κ3) is 3.87. The number of imidazole rings is 1. The number of hydrogen-bond donors (Lipinski definition) is 5. The van der Waals surface area contributed by atoms with E-state index in [9.17, 15) is 9.90 Å². The molecule has 34 heavy (non-hydrogen) atoms. The van der Waals surface area contributed by atoms with Crippen LogP contribution in [0.2, 0.25) is 0 Å². The number of nitrogens with zero attached hydrogens (tertiary/aromatic N) is 2. The van der Waals surface area contributed by atoms with Crippen LogP contribution in [0.15, 0.2) is 34.4 Å². The van der Waals surface area contributed by atoms with E-state index in [1.807, 2.05) is 17.5 Å². The van der Waals surface area contributed by atoms with E-state index >= 15 is 0 Å². The number of anilines is 2. The number of benzene rings is 1. The van der Waals surface area contributed by atoms with Crippen molar-refractivity contribution in [3.8, 4) is 11.4 Å². The number of rotatable bonds is 4. The van der Waals surface area contributed by atoms with E-state index in [4.69, 9.17) is 4.98 Å². The van der Waals surface area contributed by atoms with Crippen LogP contribution in [0.1, 0.15) is 32.6 Å². The topological polar surface area (TPSA) is 109 Å². The van der Waals surface area contributed by atoms with Gasteiger partial charge in [-0.3, -0.25) is 4.79 Å². The van der Waals surface area contributed by atoms with Gasteiger partial charge in [0, 0.05) is 31.4 Å². The Labute approximate surface area is 201 Å². The molecule has 0 bridgehead atoms. The molecule has 3 aromatic heterocycles. The van der Waals surface area contributed by atoms with Crippen LogP contribution in [0.3, 0.4) is 0 Å². The molecule has 1 aromatic carbocycles. The van der Waals surface area contributed by atoms with Crippen molar-refractivity contribution in [3.63, 3.8) is 0 Å². The maximum atomic E-state index is 13.3. The van der Waals surface area contributed by atoms with Gasteiger partial charge < -0.3 is 30.6 Å². The number of thiophene rings is 1. The minimum absolute atomic E-state index is 0.0784. The fraction of sp³-hybridized carbons (Fsp3) is 0.440. The van der Waals surface area contributed by atoms with Crippen molar-refractivity contribution in [1.82, 2.24) is 20.3 Å². The lowest BCUT2D eigenvalue weighted by atomic mass is 9.92. The summed E-state index contributed by atoms with van der Waals surface area (Å²) < 4.78 is 0.975. The largest absolute Gasteiger partial charge is 0.391 e. The van der Waals surface area contributed by atoms with Crippen LogP contribution in [0.5, 0.6) is 0 Å². The SMILES string of the molecule is CC1CN(c2ccc3nc(-c4c(N[C@@H]5CCCC[C@@H]5O)c5sccc5[nH]c4=O)[nH]c3c2)CCN1. The van der Waals surface area contributed by atoms with E-state index in [0.29, 0.717) is 17.4 Å². The van der Waals surface area contributed by atoms with Crippen molar-refractivity contribution in [2.75, 3.05) is 29.9 Å². The van der Waals surface area contributed by atoms with E-state index in [-0.39, 0.29) is 11.6 Å². The second-order valence-corrected chi connectivity index (χ2v) is 10.5. The number of piperazine rings is 1. The molecule has 0 amide bonds. The molecule has 1 unspecified atom stereocenters. The van der Waals surface area contributed by atoms with Crippen LogP contribution in [-0.4, -0.2) is 57.9 Å². The van der Waals surface area contributed by atoms with Crippen LogP contribution in [0.25, 0.3) is 32.6 Å². The number of aliphatic hydroxyl groups is 1. The highest BCUT2D eigenvalue weighted by atomic mass is 32.1. The molecule has 5 N–H and O–H groups in total. The molecule has 1 saturated carbocycles. The van der Waals surface area contributed by atoms with Crippen molar-refractivity contribution in [3.05, 3.63) is 40.0 Å². The first-order valence-electron chi connectivity index (χ1n) is 12.1. The van der Waals surface area contributed by atoms with Gasteiger partial charge >= 0.3 is 0 Å². The van der Waals surface area contributed by atoms with Crippen LogP contribution < -0.4 is 21.1 Å². The minimum atomic E-state index is -0.421. The zero-order valence-electron chi connectivity index (χ0n) is 19.2. The van der Waals surface area contributed by atoms with E-state index in [0.717, 1.165) is 77.9 Å². The molecule has 2 aliphatic rings. The first kappa shape index (κ1) is 21.6. The van der Waals surface area contributed by atoms with Gasteiger partial charge in [-0.2, -0.15) is 0 Å². The summed E-state index contributed by atoms with van der Waals surface area (Å²) in [5, 5.41) is 19.6.